The van der Waals surface area contributed by atoms with Crippen molar-refractivity contribution in [3.05, 3.63) is 42.7 Å². The minimum Gasteiger partial charge on any atom is -0.341 e. The third-order valence-electron chi connectivity index (χ3n) is 3.93. The lowest BCUT2D eigenvalue weighted by Gasteiger charge is -2.24. The lowest BCUT2D eigenvalue weighted by molar-refractivity contribution is 0.378. The van der Waals surface area contributed by atoms with E-state index in [2.05, 4.69) is 20.1 Å². The number of anilines is 1. The van der Waals surface area contributed by atoms with Crippen LogP contribution >= 0.6 is 0 Å². The predicted molar refractivity (Wildman–Crippen MR) is 89.1 cm³/mol. The highest BCUT2D eigenvalue weighted by Crippen LogP contribution is 2.26. The van der Waals surface area contributed by atoms with Gasteiger partial charge in [0.25, 0.3) is 10.0 Å². The molecule has 3 rings (SSSR count). The highest BCUT2D eigenvalue weighted by atomic mass is 32.2. The molecule has 0 aliphatic carbocycles. The van der Waals surface area contributed by atoms with E-state index in [0.29, 0.717) is 18.1 Å². The Morgan fingerprint density at radius 1 is 1.26 bits per heavy atom. The Labute approximate surface area is 135 Å². The summed E-state index contributed by atoms with van der Waals surface area (Å²) in [5, 5.41) is 10.6. The second-order valence-corrected chi connectivity index (χ2v) is 7.10. The Kier molecular flexibility index (Phi) is 4.18. The number of para-hydroxylation sites is 1. The van der Waals surface area contributed by atoms with E-state index in [1.54, 1.807) is 30.5 Å². The van der Waals surface area contributed by atoms with Crippen LogP contribution in [0.15, 0.2) is 52.0 Å². The van der Waals surface area contributed by atoms with Crippen LogP contribution in [0.5, 0.6) is 0 Å². The van der Waals surface area contributed by atoms with Gasteiger partial charge >= 0.3 is 0 Å². The molecule has 122 valence electrons. The Morgan fingerprint density at radius 2 is 2.04 bits per heavy atom. The summed E-state index contributed by atoms with van der Waals surface area (Å²) in [5.41, 5.74) is 0.562. The summed E-state index contributed by atoms with van der Waals surface area (Å²) in [4.78, 5) is 0.210. The van der Waals surface area contributed by atoms with Gasteiger partial charge in [-0.15, -0.1) is 4.40 Å². The molecule has 0 fully saturated rings. The van der Waals surface area contributed by atoms with Crippen molar-refractivity contribution in [2.24, 2.45) is 4.40 Å². The van der Waals surface area contributed by atoms with Crippen LogP contribution in [0.25, 0.3) is 0 Å². The molecule has 2 heterocycles. The average Bonchev–Trinajstić information content (AvgIpc) is 3.05. The first-order valence-electron chi connectivity index (χ1n) is 7.40. The number of benzene rings is 1. The number of rotatable bonds is 5. The number of nitrogens with one attached hydrogen (secondary N) is 2. The van der Waals surface area contributed by atoms with Crippen molar-refractivity contribution in [2.45, 2.75) is 30.8 Å². The van der Waals surface area contributed by atoms with Gasteiger partial charge in [-0.2, -0.15) is 13.5 Å². The van der Waals surface area contributed by atoms with Crippen molar-refractivity contribution in [1.82, 2.24) is 15.1 Å². The highest BCUT2D eigenvalue weighted by Gasteiger charge is 2.24. The molecule has 0 unspecified atom stereocenters. The number of nitrogens with zero attached hydrogens (tertiary/aromatic N) is 3. The topological polar surface area (TPSA) is 88.4 Å². The van der Waals surface area contributed by atoms with Crippen molar-refractivity contribution >= 4 is 21.5 Å². The lowest BCUT2D eigenvalue weighted by Crippen LogP contribution is -2.40. The molecule has 8 heteroatoms. The van der Waals surface area contributed by atoms with Gasteiger partial charge in [0.05, 0.1) is 18.3 Å². The van der Waals surface area contributed by atoms with E-state index >= 15 is 0 Å². The number of sulfonamides is 1. The molecule has 0 bridgehead atoms. The molecular weight excluding hydrogens is 314 g/mol. The first-order chi connectivity index (χ1) is 11.0. The van der Waals surface area contributed by atoms with Crippen LogP contribution in [0.4, 0.5) is 5.69 Å². The lowest BCUT2D eigenvalue weighted by atomic mass is 10.2. The highest BCUT2D eigenvalue weighted by molar-refractivity contribution is 7.90. The number of aromatic nitrogens is 2. The second kappa shape index (κ2) is 6.13. The molecule has 0 amide bonds. The standard InChI is InChI=1S/C15H19N5O2S/c1-11(12(2)20-9-5-8-17-20)16-10-15-18-13-6-3-4-7-14(13)23(21,22)19-15/h3-9,11-12,16H,10H2,1-2H3,(H,18,19)/t11-,12+/m0/s1. The maximum absolute atomic E-state index is 12.2. The van der Waals surface area contributed by atoms with E-state index in [1.807, 2.05) is 30.8 Å². The maximum Gasteiger partial charge on any atom is 0.286 e. The number of fused-ring (bicyclic) bond motifs is 1. The van der Waals surface area contributed by atoms with Crippen LogP contribution in [0.3, 0.4) is 0 Å². The minimum absolute atomic E-state index is 0.0966. The van der Waals surface area contributed by atoms with Crippen molar-refractivity contribution in [3.8, 4) is 0 Å². The largest absolute Gasteiger partial charge is 0.341 e. The van der Waals surface area contributed by atoms with Crippen LogP contribution in [-0.2, 0) is 10.0 Å². The Balaban J connectivity index is 1.69. The SMILES string of the molecule is C[C@H](NCC1=NS(=O)(=O)c2ccccc2N1)[C@@H](C)n1cccn1. The maximum atomic E-state index is 12.2. The average molecular weight is 333 g/mol. The third-order valence-corrected chi connectivity index (χ3v) is 5.30. The number of hydrogen-bond acceptors (Lipinski definition) is 5. The first-order valence-corrected chi connectivity index (χ1v) is 8.84. The molecule has 1 aliphatic rings. The van der Waals surface area contributed by atoms with Gasteiger partial charge in [0.15, 0.2) is 0 Å². The van der Waals surface area contributed by atoms with Crippen molar-refractivity contribution in [2.75, 3.05) is 11.9 Å². The van der Waals surface area contributed by atoms with E-state index < -0.39 is 10.0 Å². The summed E-state index contributed by atoms with van der Waals surface area (Å²) in [6.07, 6.45) is 3.64. The van der Waals surface area contributed by atoms with Crippen molar-refractivity contribution in [1.29, 1.82) is 0 Å². The van der Waals surface area contributed by atoms with Crippen LogP contribution in [-0.4, -0.2) is 36.6 Å². The molecule has 0 spiro atoms. The minimum atomic E-state index is -3.63. The molecule has 0 saturated carbocycles. The molecule has 1 aromatic heterocycles. The van der Waals surface area contributed by atoms with Gasteiger partial charge in [-0.25, -0.2) is 0 Å². The van der Waals surface area contributed by atoms with E-state index in [9.17, 15) is 8.42 Å². The van der Waals surface area contributed by atoms with Crippen LogP contribution in [0.2, 0.25) is 0 Å². The van der Waals surface area contributed by atoms with Crippen LogP contribution in [0.1, 0.15) is 19.9 Å². The first kappa shape index (κ1) is 15.7. The van der Waals surface area contributed by atoms with Crippen molar-refractivity contribution < 1.29 is 8.42 Å². The Hall–Kier alpha value is -2.19. The third kappa shape index (κ3) is 3.27. The fraction of sp³-hybridized carbons (Fsp3) is 0.333. The summed E-state index contributed by atoms with van der Waals surface area (Å²) >= 11 is 0. The van der Waals surface area contributed by atoms with E-state index in [4.69, 9.17) is 0 Å². The van der Waals surface area contributed by atoms with Gasteiger partial charge in [-0.05, 0) is 32.0 Å². The molecule has 23 heavy (non-hydrogen) atoms. The van der Waals surface area contributed by atoms with Gasteiger partial charge in [-0.1, -0.05) is 12.1 Å². The summed E-state index contributed by atoms with van der Waals surface area (Å²) in [6.45, 7) is 4.41. The molecular formula is C15H19N5O2S. The van der Waals surface area contributed by atoms with Gasteiger partial charge in [0, 0.05) is 18.4 Å². The fourth-order valence-electron chi connectivity index (χ4n) is 2.42. The smallest absolute Gasteiger partial charge is 0.286 e. The molecule has 0 saturated heterocycles. The summed E-state index contributed by atoms with van der Waals surface area (Å²) in [6, 6.07) is 8.87. The molecule has 2 aromatic rings. The molecule has 1 aliphatic heterocycles. The van der Waals surface area contributed by atoms with E-state index in [0.717, 1.165) is 0 Å². The van der Waals surface area contributed by atoms with Gasteiger partial charge in [0.1, 0.15) is 10.7 Å². The zero-order chi connectivity index (χ0) is 16.4. The second-order valence-electron chi connectivity index (χ2n) is 5.53. The Morgan fingerprint density at radius 3 is 2.78 bits per heavy atom. The Bertz CT molecular complexity index is 814. The number of hydrogen-bond donors (Lipinski definition) is 2. The quantitative estimate of drug-likeness (QED) is 0.868. The molecule has 2 atom stereocenters. The molecule has 7 nitrogen and oxygen atoms in total. The molecule has 0 radical (unpaired) electrons. The predicted octanol–water partition coefficient (Wildman–Crippen LogP) is 1.64. The van der Waals surface area contributed by atoms with E-state index in [1.165, 1.54) is 0 Å². The van der Waals surface area contributed by atoms with Crippen LogP contribution in [0, 0.1) is 0 Å². The summed E-state index contributed by atoms with van der Waals surface area (Å²) in [7, 11) is -3.63. The monoisotopic (exact) mass is 333 g/mol. The zero-order valence-corrected chi connectivity index (χ0v) is 13.8. The zero-order valence-electron chi connectivity index (χ0n) is 13.0. The normalized spacial score (nSPS) is 18.4. The van der Waals surface area contributed by atoms with Gasteiger partial charge < -0.3 is 10.6 Å². The fourth-order valence-corrected chi connectivity index (χ4v) is 3.57. The van der Waals surface area contributed by atoms with Crippen LogP contribution < -0.4 is 10.6 Å². The summed E-state index contributed by atoms with van der Waals surface area (Å²) < 4.78 is 30.1. The van der Waals surface area contributed by atoms with Gasteiger partial charge in [-0.3, -0.25) is 4.68 Å². The number of amidine groups is 1. The summed E-state index contributed by atoms with van der Waals surface area (Å²) in [5.74, 6) is 0.392. The molecule has 1 aromatic carbocycles. The van der Waals surface area contributed by atoms with Gasteiger partial charge in [0.2, 0.25) is 0 Å². The van der Waals surface area contributed by atoms with Crippen molar-refractivity contribution in [3.63, 3.8) is 0 Å². The molecule has 2 N–H and O–H groups in total. The van der Waals surface area contributed by atoms with E-state index in [-0.39, 0.29) is 17.0 Å².